The van der Waals surface area contributed by atoms with E-state index in [4.69, 9.17) is 0 Å². The fourth-order valence-corrected chi connectivity index (χ4v) is 7.97. The molecule has 1 saturated heterocycles. The number of hydrogen-bond acceptors (Lipinski definition) is 4. The van der Waals surface area contributed by atoms with Crippen LogP contribution in [0.1, 0.15) is 44.1 Å². The normalized spacial score (nSPS) is 33.0. The number of nitrogens with zero attached hydrogens (tertiary/aromatic N) is 3. The monoisotopic (exact) mass is 445 g/mol. The molecule has 4 aliphatic carbocycles. The SMILES string of the molecule is CN1CCN(C(=O)CN(c2ccc(C34CC5CC(CC(C5)C3)C4)cc2)S(C)(=O)=O)CC1. The maximum Gasteiger partial charge on any atom is 0.243 e. The maximum absolute atomic E-state index is 12.8. The van der Waals surface area contributed by atoms with Gasteiger partial charge in [-0.2, -0.15) is 0 Å². The van der Waals surface area contributed by atoms with Crippen molar-refractivity contribution in [2.45, 2.75) is 43.9 Å². The van der Waals surface area contributed by atoms with Gasteiger partial charge in [-0.3, -0.25) is 9.10 Å². The number of rotatable bonds is 5. The van der Waals surface area contributed by atoms with Crippen LogP contribution in [0.3, 0.4) is 0 Å². The summed E-state index contributed by atoms with van der Waals surface area (Å²) < 4.78 is 26.4. The molecule has 0 N–H and O–H groups in total. The second kappa shape index (κ2) is 7.77. The summed E-state index contributed by atoms with van der Waals surface area (Å²) in [6.45, 7) is 2.82. The standard InChI is InChI=1S/C24H35N3O3S/c1-25-7-9-26(10-8-25)23(28)17-27(31(2,29)30)22-5-3-21(4-6-22)24-14-18-11-19(15-24)13-20(12-18)16-24/h3-6,18-20H,7-17H2,1-2H3. The summed E-state index contributed by atoms with van der Waals surface area (Å²) in [6, 6.07) is 8.13. The Balaban J connectivity index is 1.34. The van der Waals surface area contributed by atoms with Crippen LogP contribution in [0.4, 0.5) is 5.69 Å². The Kier molecular flexibility index (Phi) is 5.32. The lowest BCUT2D eigenvalue weighted by molar-refractivity contribution is -0.131. The minimum absolute atomic E-state index is 0.122. The van der Waals surface area contributed by atoms with Gasteiger partial charge in [-0.1, -0.05) is 12.1 Å². The second-order valence-electron chi connectivity index (χ2n) is 10.7. The number of sulfonamides is 1. The molecule has 7 heteroatoms. The molecular weight excluding hydrogens is 410 g/mol. The van der Waals surface area contributed by atoms with Crippen molar-refractivity contribution in [3.05, 3.63) is 29.8 Å². The predicted octanol–water partition coefficient (Wildman–Crippen LogP) is 2.69. The van der Waals surface area contributed by atoms with Crippen molar-refractivity contribution >= 4 is 21.6 Å². The van der Waals surface area contributed by atoms with Crippen molar-refractivity contribution in [1.82, 2.24) is 9.80 Å². The Bertz CT molecular complexity index is 900. The highest BCUT2D eigenvalue weighted by atomic mass is 32.2. The Hall–Kier alpha value is -1.60. The first kappa shape index (κ1) is 21.3. The first-order chi connectivity index (χ1) is 14.7. The molecule has 1 aromatic rings. The van der Waals surface area contributed by atoms with E-state index in [-0.39, 0.29) is 12.5 Å². The molecule has 5 aliphatic rings. The van der Waals surface area contributed by atoms with Crippen molar-refractivity contribution in [2.75, 3.05) is 50.3 Å². The van der Waals surface area contributed by atoms with E-state index in [1.54, 1.807) is 4.90 Å². The van der Waals surface area contributed by atoms with Crippen molar-refractivity contribution in [2.24, 2.45) is 17.8 Å². The largest absolute Gasteiger partial charge is 0.339 e. The fourth-order valence-electron chi connectivity index (χ4n) is 7.12. The van der Waals surface area contributed by atoms with Crippen LogP contribution in [0.15, 0.2) is 24.3 Å². The quantitative estimate of drug-likeness (QED) is 0.699. The molecule has 0 unspecified atom stereocenters. The zero-order valence-corrected chi connectivity index (χ0v) is 19.6. The number of carbonyl (C=O) groups is 1. The zero-order chi connectivity index (χ0) is 21.8. The number of hydrogen-bond donors (Lipinski definition) is 0. The molecule has 4 bridgehead atoms. The number of likely N-dealkylation sites (N-methyl/N-ethyl adjacent to an activating group) is 1. The third-order valence-corrected chi connectivity index (χ3v) is 9.48. The van der Waals surface area contributed by atoms with E-state index in [0.717, 1.165) is 30.8 Å². The van der Waals surface area contributed by atoms with Crippen LogP contribution in [-0.4, -0.2) is 70.2 Å². The number of anilines is 1. The van der Waals surface area contributed by atoms with E-state index in [1.807, 2.05) is 19.2 Å². The van der Waals surface area contributed by atoms with Gasteiger partial charge in [-0.25, -0.2) is 8.42 Å². The Morgan fingerprint density at radius 3 is 1.97 bits per heavy atom. The van der Waals surface area contributed by atoms with Crippen LogP contribution in [0, 0.1) is 17.8 Å². The summed E-state index contributed by atoms with van der Waals surface area (Å²) in [5.74, 6) is 2.50. The predicted molar refractivity (Wildman–Crippen MR) is 123 cm³/mol. The van der Waals surface area contributed by atoms with E-state index in [1.165, 1.54) is 54.6 Å². The highest BCUT2D eigenvalue weighted by molar-refractivity contribution is 7.92. The lowest BCUT2D eigenvalue weighted by Gasteiger charge is -2.57. The summed E-state index contributed by atoms with van der Waals surface area (Å²) >= 11 is 0. The molecule has 170 valence electrons. The summed E-state index contributed by atoms with van der Waals surface area (Å²) in [5.41, 5.74) is 2.26. The topological polar surface area (TPSA) is 60.9 Å². The minimum Gasteiger partial charge on any atom is -0.339 e. The van der Waals surface area contributed by atoms with Crippen LogP contribution in [-0.2, 0) is 20.2 Å². The number of carbonyl (C=O) groups excluding carboxylic acids is 1. The van der Waals surface area contributed by atoms with Crippen molar-refractivity contribution in [3.8, 4) is 0 Å². The van der Waals surface area contributed by atoms with Gasteiger partial charge in [0.05, 0.1) is 11.9 Å². The smallest absolute Gasteiger partial charge is 0.243 e. The Morgan fingerprint density at radius 2 is 1.48 bits per heavy atom. The van der Waals surface area contributed by atoms with E-state index in [9.17, 15) is 13.2 Å². The molecule has 1 amide bonds. The molecule has 4 saturated carbocycles. The van der Waals surface area contributed by atoms with Gasteiger partial charge in [0.15, 0.2) is 0 Å². The van der Waals surface area contributed by atoms with E-state index in [2.05, 4.69) is 17.0 Å². The summed E-state index contributed by atoms with van der Waals surface area (Å²) in [7, 11) is -1.51. The molecule has 6 rings (SSSR count). The lowest BCUT2D eigenvalue weighted by atomic mass is 9.48. The first-order valence-corrected chi connectivity index (χ1v) is 13.6. The fraction of sp³-hybridized carbons (Fsp3) is 0.708. The Morgan fingerprint density at radius 1 is 0.968 bits per heavy atom. The van der Waals surface area contributed by atoms with Crippen LogP contribution >= 0.6 is 0 Å². The number of benzene rings is 1. The second-order valence-corrected chi connectivity index (χ2v) is 12.6. The third kappa shape index (κ3) is 4.11. The van der Waals surface area contributed by atoms with Gasteiger partial charge in [-0.05, 0) is 86.4 Å². The molecule has 0 radical (unpaired) electrons. The van der Waals surface area contributed by atoms with Gasteiger partial charge in [0.25, 0.3) is 0 Å². The first-order valence-electron chi connectivity index (χ1n) is 11.8. The molecular formula is C24H35N3O3S. The molecule has 0 atom stereocenters. The molecule has 31 heavy (non-hydrogen) atoms. The summed E-state index contributed by atoms with van der Waals surface area (Å²) in [6.07, 6.45) is 9.29. The zero-order valence-electron chi connectivity index (χ0n) is 18.8. The van der Waals surface area contributed by atoms with Crippen LogP contribution in [0.25, 0.3) is 0 Å². The number of piperazine rings is 1. The van der Waals surface area contributed by atoms with Crippen molar-refractivity contribution in [3.63, 3.8) is 0 Å². The summed E-state index contributed by atoms with van der Waals surface area (Å²) in [5, 5.41) is 0. The van der Waals surface area contributed by atoms with Crippen molar-refractivity contribution < 1.29 is 13.2 Å². The van der Waals surface area contributed by atoms with Crippen LogP contribution < -0.4 is 4.31 Å². The van der Waals surface area contributed by atoms with E-state index in [0.29, 0.717) is 24.2 Å². The van der Waals surface area contributed by atoms with Gasteiger partial charge < -0.3 is 9.80 Å². The molecule has 1 aliphatic heterocycles. The van der Waals surface area contributed by atoms with Crippen LogP contribution in [0.5, 0.6) is 0 Å². The van der Waals surface area contributed by atoms with Gasteiger partial charge in [-0.15, -0.1) is 0 Å². The molecule has 6 nitrogen and oxygen atoms in total. The molecule has 0 aromatic heterocycles. The molecule has 1 heterocycles. The lowest BCUT2D eigenvalue weighted by Crippen LogP contribution is -2.50. The van der Waals surface area contributed by atoms with Gasteiger partial charge in [0, 0.05) is 26.2 Å². The average Bonchev–Trinajstić information content (AvgIpc) is 2.71. The van der Waals surface area contributed by atoms with Crippen LogP contribution in [0.2, 0.25) is 0 Å². The highest BCUT2D eigenvalue weighted by Gasteiger charge is 2.51. The summed E-state index contributed by atoms with van der Waals surface area (Å²) in [4.78, 5) is 16.8. The highest BCUT2D eigenvalue weighted by Crippen LogP contribution is 2.60. The number of amides is 1. The van der Waals surface area contributed by atoms with Crippen molar-refractivity contribution in [1.29, 1.82) is 0 Å². The molecule has 1 aromatic carbocycles. The maximum atomic E-state index is 12.8. The van der Waals surface area contributed by atoms with Gasteiger partial charge in [0.1, 0.15) is 6.54 Å². The van der Waals surface area contributed by atoms with Gasteiger partial charge in [0.2, 0.25) is 15.9 Å². The molecule has 5 fully saturated rings. The van der Waals surface area contributed by atoms with Gasteiger partial charge >= 0.3 is 0 Å². The Labute approximate surface area is 186 Å². The van der Waals surface area contributed by atoms with E-state index < -0.39 is 10.0 Å². The third-order valence-electron chi connectivity index (χ3n) is 8.34. The average molecular weight is 446 g/mol. The van der Waals surface area contributed by atoms with E-state index >= 15 is 0 Å². The minimum atomic E-state index is -3.54. The molecule has 0 spiro atoms.